The van der Waals surface area contributed by atoms with Crippen molar-refractivity contribution in [2.45, 2.75) is 0 Å². The van der Waals surface area contributed by atoms with Crippen molar-refractivity contribution in [1.29, 1.82) is 0 Å². The van der Waals surface area contributed by atoms with E-state index in [4.69, 9.17) is 52.6 Å². The van der Waals surface area contributed by atoms with Crippen molar-refractivity contribution in [2.24, 2.45) is 0 Å². The molecule has 0 unspecified atom stereocenters. The van der Waals surface area contributed by atoms with Crippen LogP contribution >= 0.6 is 0 Å². The van der Waals surface area contributed by atoms with Gasteiger partial charge >= 0.3 is 31.2 Å². The molecule has 12 nitrogen and oxygen atoms in total. The molecular formula is H6CaO12S3. The van der Waals surface area contributed by atoms with Gasteiger partial charge in [-0.15, -0.1) is 0 Å². The van der Waals surface area contributed by atoms with Crippen LogP contribution in [0.4, 0.5) is 0 Å². The Morgan fingerprint density at radius 1 is 0.438 bits per heavy atom. The van der Waals surface area contributed by atoms with Gasteiger partial charge in [0.1, 0.15) is 0 Å². The van der Waals surface area contributed by atoms with Crippen LogP contribution in [0.15, 0.2) is 0 Å². The van der Waals surface area contributed by atoms with Crippen LogP contribution in [0.1, 0.15) is 0 Å². The Morgan fingerprint density at radius 3 is 0.438 bits per heavy atom. The average molecular weight is 334 g/mol. The third kappa shape index (κ3) is 3780. The van der Waals surface area contributed by atoms with Crippen molar-refractivity contribution in [1.82, 2.24) is 0 Å². The fourth-order valence-corrected chi connectivity index (χ4v) is 0. The first-order valence-corrected chi connectivity index (χ1v) is 6.29. The van der Waals surface area contributed by atoms with Crippen LogP contribution in [0, 0.1) is 0 Å². The molecule has 0 heterocycles. The summed E-state index contributed by atoms with van der Waals surface area (Å²) in [6.45, 7) is 0. The molecule has 0 atom stereocenters. The predicted octanol–water partition coefficient (Wildman–Crippen LogP) is -2.34. The number of hydrogen-bond donors (Lipinski definition) is 6. The van der Waals surface area contributed by atoms with Crippen LogP contribution in [-0.4, -0.2) is 90.3 Å². The topological polar surface area (TPSA) is 224 Å². The molecule has 0 aliphatic heterocycles. The van der Waals surface area contributed by atoms with Crippen LogP contribution in [0.5, 0.6) is 0 Å². The van der Waals surface area contributed by atoms with Gasteiger partial charge in [0.2, 0.25) is 0 Å². The van der Waals surface area contributed by atoms with Gasteiger partial charge in [-0.25, -0.2) is 0 Å². The van der Waals surface area contributed by atoms with E-state index in [1.165, 1.54) is 0 Å². The third-order valence-electron chi connectivity index (χ3n) is 0. The number of rotatable bonds is 0. The molecule has 0 saturated heterocycles. The van der Waals surface area contributed by atoms with Crippen LogP contribution in [0.25, 0.3) is 0 Å². The van der Waals surface area contributed by atoms with Crippen molar-refractivity contribution in [3.8, 4) is 0 Å². The van der Waals surface area contributed by atoms with Crippen molar-refractivity contribution >= 4 is 68.9 Å². The molecule has 0 aromatic rings. The SMILES string of the molecule is O=S(=O)(O)O.O=S(=O)(O)O.O=S(=O)(O)O.[Ca]. The Balaban J connectivity index is -0.0000000655. The zero-order valence-electron chi connectivity index (χ0n) is 7.06. The van der Waals surface area contributed by atoms with Crippen molar-refractivity contribution in [3.63, 3.8) is 0 Å². The van der Waals surface area contributed by atoms with E-state index in [0.717, 1.165) is 0 Å². The summed E-state index contributed by atoms with van der Waals surface area (Å²) >= 11 is 0. The maximum Gasteiger partial charge on any atom is 0.394 e. The second-order valence-corrected chi connectivity index (χ2v) is 4.03. The Morgan fingerprint density at radius 2 is 0.438 bits per heavy atom. The number of hydrogen-bond acceptors (Lipinski definition) is 6. The normalized spacial score (nSPS) is 10.9. The molecule has 0 spiro atoms. The Bertz CT molecular complexity index is 337. The zero-order valence-corrected chi connectivity index (χ0v) is 11.7. The van der Waals surface area contributed by atoms with Gasteiger partial charge in [-0.05, 0) is 0 Å². The summed E-state index contributed by atoms with van der Waals surface area (Å²) < 4.78 is 94.8. The molecule has 0 aromatic carbocycles. The maximum absolute atomic E-state index is 8.74. The van der Waals surface area contributed by atoms with E-state index in [1.807, 2.05) is 0 Å². The van der Waals surface area contributed by atoms with E-state index in [0.29, 0.717) is 0 Å². The fraction of sp³-hybridized carbons (Fsp3) is 0. The minimum atomic E-state index is -4.67. The summed E-state index contributed by atoms with van der Waals surface area (Å²) in [6.07, 6.45) is 0. The molecule has 0 rings (SSSR count). The summed E-state index contributed by atoms with van der Waals surface area (Å²) in [7, 11) is -14.0. The Labute approximate surface area is 120 Å². The maximum atomic E-state index is 8.74. The van der Waals surface area contributed by atoms with E-state index >= 15 is 0 Å². The first-order valence-electron chi connectivity index (χ1n) is 2.10. The summed E-state index contributed by atoms with van der Waals surface area (Å²) in [4.78, 5) is 0. The molecule has 0 fully saturated rings. The fourth-order valence-electron chi connectivity index (χ4n) is 0. The largest absolute Gasteiger partial charge is 0.394 e. The molecule has 0 saturated carbocycles. The third-order valence-corrected chi connectivity index (χ3v) is 0. The quantitative estimate of drug-likeness (QED) is 0.202. The molecule has 0 aliphatic rings. The molecule has 16 heavy (non-hydrogen) atoms. The minimum absolute atomic E-state index is 0. The summed E-state index contributed by atoms with van der Waals surface area (Å²) in [5, 5.41) is 0. The molecular weight excluding hydrogens is 328 g/mol. The predicted molar refractivity (Wildman–Crippen MR) is 48.3 cm³/mol. The van der Waals surface area contributed by atoms with Crippen LogP contribution in [0.3, 0.4) is 0 Å². The van der Waals surface area contributed by atoms with E-state index in [9.17, 15) is 0 Å². The molecule has 16 heteroatoms. The summed E-state index contributed by atoms with van der Waals surface area (Å²) in [5.74, 6) is 0. The molecule has 0 amide bonds. The van der Waals surface area contributed by atoms with E-state index in [-0.39, 0.29) is 37.7 Å². The minimum Gasteiger partial charge on any atom is -0.264 e. The first kappa shape index (κ1) is 25.7. The van der Waals surface area contributed by atoms with Gasteiger partial charge in [-0.1, -0.05) is 0 Å². The van der Waals surface area contributed by atoms with E-state index < -0.39 is 31.2 Å². The molecule has 0 bridgehead atoms. The first-order chi connectivity index (χ1) is 6.00. The summed E-state index contributed by atoms with van der Waals surface area (Å²) in [5.41, 5.74) is 0. The van der Waals surface area contributed by atoms with Crippen molar-refractivity contribution in [3.05, 3.63) is 0 Å². The molecule has 0 aliphatic carbocycles. The van der Waals surface area contributed by atoms with E-state index in [2.05, 4.69) is 0 Å². The second-order valence-electron chi connectivity index (χ2n) is 1.34. The molecule has 98 valence electrons. The Hall–Kier alpha value is 0.870. The molecule has 2 radical (unpaired) electrons. The van der Waals surface area contributed by atoms with Gasteiger partial charge in [-0.3, -0.25) is 27.3 Å². The molecule has 6 N–H and O–H groups in total. The van der Waals surface area contributed by atoms with Gasteiger partial charge < -0.3 is 0 Å². The standard InChI is InChI=1S/Ca.3H2O4S/c;3*1-5(2,3)4/h;3*(H2,1,2,3,4). The second kappa shape index (κ2) is 9.85. The van der Waals surface area contributed by atoms with Gasteiger partial charge in [0.05, 0.1) is 0 Å². The average Bonchev–Trinajstić information content (AvgIpc) is 1.41. The van der Waals surface area contributed by atoms with Gasteiger partial charge in [0, 0.05) is 37.7 Å². The smallest absolute Gasteiger partial charge is 0.264 e. The monoisotopic (exact) mass is 334 g/mol. The van der Waals surface area contributed by atoms with Crippen molar-refractivity contribution in [2.75, 3.05) is 0 Å². The van der Waals surface area contributed by atoms with Crippen LogP contribution in [0.2, 0.25) is 0 Å². The summed E-state index contributed by atoms with van der Waals surface area (Å²) in [6, 6.07) is 0. The van der Waals surface area contributed by atoms with E-state index in [1.54, 1.807) is 0 Å². The van der Waals surface area contributed by atoms with Gasteiger partial charge in [0.25, 0.3) is 0 Å². The van der Waals surface area contributed by atoms with Crippen LogP contribution in [-0.2, 0) is 31.2 Å². The Kier molecular flexibility index (Phi) is 15.8. The van der Waals surface area contributed by atoms with Crippen LogP contribution < -0.4 is 0 Å². The van der Waals surface area contributed by atoms with Gasteiger partial charge in [-0.2, -0.15) is 25.3 Å². The zero-order chi connectivity index (χ0) is 13.5. The van der Waals surface area contributed by atoms with Crippen molar-refractivity contribution < 1.29 is 52.6 Å². The van der Waals surface area contributed by atoms with Gasteiger partial charge in [0.15, 0.2) is 0 Å². The molecule has 0 aromatic heterocycles.